The van der Waals surface area contributed by atoms with Gasteiger partial charge in [0, 0.05) is 0 Å². The zero-order valence-corrected chi connectivity index (χ0v) is 8.97. The molecular weight excluding hydrogens is 168 g/mol. The minimum absolute atomic E-state index is 1.20. The third-order valence-electron chi connectivity index (χ3n) is 2.23. The van der Waals surface area contributed by atoms with Crippen LogP contribution in [-0.2, 0) is 20.4 Å². The molecule has 0 spiro atoms. The van der Waals surface area contributed by atoms with Crippen molar-refractivity contribution in [1.29, 1.82) is 0 Å². The molecule has 0 unspecified atom stereocenters. The minimum atomic E-state index is 1.20. The summed E-state index contributed by atoms with van der Waals surface area (Å²) in [6.45, 7) is 4.52. The Morgan fingerprint density at radius 2 is 2.27 bits per heavy atom. The van der Waals surface area contributed by atoms with Gasteiger partial charge in [0.2, 0.25) is 0 Å². The number of hydrogen-bond donors (Lipinski definition) is 0. The summed E-state index contributed by atoms with van der Waals surface area (Å²) in [4.78, 5) is 0. The zero-order valence-electron chi connectivity index (χ0n) is 7.41. The van der Waals surface area contributed by atoms with Crippen LogP contribution in [-0.4, -0.2) is 0 Å². The predicted molar refractivity (Wildman–Crippen MR) is 44.9 cm³/mol. The van der Waals surface area contributed by atoms with Crippen LogP contribution in [0.5, 0.6) is 0 Å². The molecule has 0 heterocycles. The van der Waals surface area contributed by atoms with Crippen molar-refractivity contribution in [2.24, 2.45) is 0 Å². The van der Waals surface area contributed by atoms with Gasteiger partial charge in [-0.3, -0.25) is 0 Å². The molecule has 0 aromatic carbocycles. The van der Waals surface area contributed by atoms with Gasteiger partial charge in [0.25, 0.3) is 0 Å². The summed E-state index contributed by atoms with van der Waals surface area (Å²) in [7, 11) is 0. The van der Waals surface area contributed by atoms with Gasteiger partial charge in [-0.25, -0.2) is 0 Å². The number of unbranched alkanes of at least 4 members (excludes halogenated alkanes) is 1. The first kappa shape index (κ1) is 9.28. The number of rotatable bonds is 3. The molecule has 0 fully saturated rings. The Kier molecular flexibility index (Phi) is 3.61. The summed E-state index contributed by atoms with van der Waals surface area (Å²) in [6, 6.07) is 0. The molecule has 0 saturated heterocycles. The fraction of sp³-hybridized carbons (Fsp3) is 0.600. The second-order valence-corrected chi connectivity index (χ2v) is 4.03. The third kappa shape index (κ3) is 2.32. The van der Waals surface area contributed by atoms with Gasteiger partial charge in [-0.15, -0.1) is 0 Å². The van der Waals surface area contributed by atoms with Gasteiger partial charge in [-0.2, -0.15) is 0 Å². The molecule has 0 aromatic rings. The number of hydrogen-bond acceptors (Lipinski definition) is 0. The summed E-state index contributed by atoms with van der Waals surface area (Å²) < 4.78 is 1.52. The second kappa shape index (κ2) is 4.28. The molecule has 0 N–H and O–H groups in total. The van der Waals surface area contributed by atoms with E-state index in [2.05, 4.69) is 40.4 Å². The van der Waals surface area contributed by atoms with E-state index in [-0.39, 0.29) is 0 Å². The topological polar surface area (TPSA) is 0 Å². The van der Waals surface area contributed by atoms with Gasteiger partial charge in [0.1, 0.15) is 0 Å². The summed E-state index contributed by atoms with van der Waals surface area (Å²) in [5.74, 6) is 0. The van der Waals surface area contributed by atoms with Gasteiger partial charge in [0.05, 0.1) is 0 Å². The van der Waals surface area contributed by atoms with E-state index in [0.717, 1.165) is 0 Å². The third-order valence-corrected chi connectivity index (χ3v) is 3.02. The Bertz CT molecular complexity index is 199. The fourth-order valence-corrected chi connectivity index (χ4v) is 2.12. The van der Waals surface area contributed by atoms with Crippen molar-refractivity contribution in [3.63, 3.8) is 0 Å². The van der Waals surface area contributed by atoms with Crippen molar-refractivity contribution in [3.05, 3.63) is 21.1 Å². The maximum atomic E-state index is 2.35. The van der Waals surface area contributed by atoms with Crippen LogP contribution < -0.4 is 0 Å². The molecule has 1 aliphatic carbocycles. The monoisotopic (exact) mass is 183 g/mol. The molecule has 1 aliphatic rings. The summed E-state index contributed by atoms with van der Waals surface area (Å²) in [6.07, 6.45) is 7.50. The Balaban J connectivity index is 2.54. The molecule has 1 heteroatoms. The molecule has 0 amide bonds. The average Bonchev–Trinajstić information content (AvgIpc) is 2.29. The normalized spacial score (nSPS) is 17.4. The van der Waals surface area contributed by atoms with Crippen molar-refractivity contribution in [3.8, 4) is 0 Å². The van der Waals surface area contributed by atoms with Crippen LogP contribution in [0.15, 0.2) is 21.1 Å². The molecule has 11 heavy (non-hydrogen) atoms. The second-order valence-electron chi connectivity index (χ2n) is 3.18. The molecule has 0 atom stereocenters. The number of allylic oxidation sites excluding steroid dienone is 4. The molecule has 0 radical (unpaired) electrons. The molecule has 0 bridgehead atoms. The quantitative estimate of drug-likeness (QED) is 0.588. The zero-order chi connectivity index (χ0) is 8.27. The first-order chi connectivity index (χ1) is 5.25. The molecule has 59 valence electrons. The van der Waals surface area contributed by atoms with E-state index in [1.165, 1.54) is 29.6 Å². The van der Waals surface area contributed by atoms with Crippen molar-refractivity contribution >= 4 is 0 Å². The summed E-state index contributed by atoms with van der Waals surface area (Å²) in [5.41, 5.74) is 3.22. The standard InChI is InChI=1S/C10H15.Ti/c1-3-4-7-10-8-5-6-9(10)2;/h5H,3-4,6-7H2,1-2H3;. The Morgan fingerprint density at radius 1 is 1.55 bits per heavy atom. The van der Waals surface area contributed by atoms with Crippen LogP contribution in [0.4, 0.5) is 0 Å². The molecule has 0 nitrogen and oxygen atoms in total. The van der Waals surface area contributed by atoms with Crippen LogP contribution in [0.2, 0.25) is 0 Å². The van der Waals surface area contributed by atoms with E-state index < -0.39 is 0 Å². The van der Waals surface area contributed by atoms with E-state index in [9.17, 15) is 0 Å². The van der Waals surface area contributed by atoms with E-state index in [1.807, 2.05) is 0 Å². The van der Waals surface area contributed by atoms with Crippen LogP contribution in [0, 0.1) is 0 Å². The van der Waals surface area contributed by atoms with Gasteiger partial charge in [0.15, 0.2) is 0 Å². The van der Waals surface area contributed by atoms with Gasteiger partial charge in [-0.1, -0.05) is 0 Å². The molecule has 1 rings (SSSR count). The van der Waals surface area contributed by atoms with E-state index >= 15 is 0 Å². The van der Waals surface area contributed by atoms with Crippen LogP contribution >= 0.6 is 0 Å². The van der Waals surface area contributed by atoms with Crippen molar-refractivity contribution in [1.82, 2.24) is 0 Å². The van der Waals surface area contributed by atoms with Crippen molar-refractivity contribution < 1.29 is 20.4 Å². The van der Waals surface area contributed by atoms with Crippen LogP contribution in [0.25, 0.3) is 0 Å². The first-order valence-corrected chi connectivity index (χ1v) is 5.14. The SMILES string of the molecule is CCCCC1=C(C)CC=[C]1[Ti]. The van der Waals surface area contributed by atoms with Gasteiger partial charge < -0.3 is 0 Å². The Labute approximate surface area is 81.2 Å². The Morgan fingerprint density at radius 3 is 2.73 bits per heavy atom. The summed E-state index contributed by atoms with van der Waals surface area (Å²) >= 11 is 2.24. The maximum absolute atomic E-state index is 2.35. The van der Waals surface area contributed by atoms with Crippen LogP contribution in [0.3, 0.4) is 0 Å². The van der Waals surface area contributed by atoms with Crippen molar-refractivity contribution in [2.75, 3.05) is 0 Å². The van der Waals surface area contributed by atoms with Gasteiger partial charge in [-0.05, 0) is 0 Å². The van der Waals surface area contributed by atoms with Crippen LogP contribution in [0.1, 0.15) is 39.5 Å². The van der Waals surface area contributed by atoms with Gasteiger partial charge >= 0.3 is 81.1 Å². The van der Waals surface area contributed by atoms with E-state index in [0.29, 0.717) is 0 Å². The molecular formula is C10H15Ti. The average molecular weight is 183 g/mol. The van der Waals surface area contributed by atoms with E-state index in [1.54, 1.807) is 11.1 Å². The van der Waals surface area contributed by atoms with Crippen molar-refractivity contribution in [2.45, 2.75) is 39.5 Å². The molecule has 0 aromatic heterocycles. The van der Waals surface area contributed by atoms with E-state index in [4.69, 9.17) is 0 Å². The molecule has 0 saturated carbocycles. The fourth-order valence-electron chi connectivity index (χ4n) is 1.43. The summed E-state index contributed by atoms with van der Waals surface area (Å²) in [5, 5.41) is 0. The Hall–Kier alpha value is 0.194. The molecule has 0 aliphatic heterocycles. The predicted octanol–water partition coefficient (Wildman–Crippen LogP) is 3.33. The first-order valence-electron chi connectivity index (χ1n) is 4.36.